The van der Waals surface area contributed by atoms with Gasteiger partial charge in [0.1, 0.15) is 5.84 Å². The summed E-state index contributed by atoms with van der Waals surface area (Å²) in [4.78, 5) is 0. The lowest BCUT2D eigenvalue weighted by atomic mass is 9.85. The van der Waals surface area contributed by atoms with Gasteiger partial charge < -0.3 is 5.73 Å². The molecule has 0 amide bonds. The van der Waals surface area contributed by atoms with E-state index in [0.717, 1.165) is 11.1 Å². The maximum atomic E-state index is 7.38. The molecular weight excluding hydrogens is 172 g/mol. The molecule has 0 aromatic heterocycles. The van der Waals surface area contributed by atoms with Gasteiger partial charge in [-0.2, -0.15) is 0 Å². The zero-order chi connectivity index (χ0) is 10.9. The minimum atomic E-state index is 0.142. The summed E-state index contributed by atoms with van der Waals surface area (Å²) in [6, 6.07) is 6.08. The molecule has 0 unspecified atom stereocenters. The third kappa shape index (κ3) is 2.13. The molecule has 0 aliphatic rings. The van der Waals surface area contributed by atoms with Crippen molar-refractivity contribution in [2.45, 2.75) is 33.1 Å². The van der Waals surface area contributed by atoms with Crippen molar-refractivity contribution in [2.75, 3.05) is 0 Å². The van der Waals surface area contributed by atoms with E-state index in [1.54, 1.807) is 0 Å². The molecule has 1 rings (SSSR count). The fraction of sp³-hybridized carbons (Fsp3) is 0.417. The van der Waals surface area contributed by atoms with Crippen LogP contribution in [0.4, 0.5) is 0 Å². The summed E-state index contributed by atoms with van der Waals surface area (Å²) in [5.74, 6) is 0.142. The maximum Gasteiger partial charge on any atom is 0.123 e. The van der Waals surface area contributed by atoms with Crippen LogP contribution in [0.25, 0.3) is 0 Å². The van der Waals surface area contributed by atoms with Crippen LogP contribution in [0.1, 0.15) is 37.5 Å². The van der Waals surface area contributed by atoms with Crippen LogP contribution in [0.5, 0.6) is 0 Å². The maximum absolute atomic E-state index is 7.38. The molecule has 0 aliphatic heterocycles. The van der Waals surface area contributed by atoms with Gasteiger partial charge in [0.15, 0.2) is 0 Å². The van der Waals surface area contributed by atoms with E-state index < -0.39 is 0 Å². The Morgan fingerprint density at radius 2 is 1.86 bits per heavy atom. The summed E-state index contributed by atoms with van der Waals surface area (Å²) in [6.45, 7) is 8.52. The van der Waals surface area contributed by atoms with Crippen LogP contribution in [0.3, 0.4) is 0 Å². The van der Waals surface area contributed by atoms with Crippen molar-refractivity contribution in [2.24, 2.45) is 5.73 Å². The van der Waals surface area contributed by atoms with Crippen molar-refractivity contribution in [1.29, 1.82) is 5.41 Å². The molecule has 14 heavy (non-hydrogen) atoms. The first kappa shape index (κ1) is 10.8. The van der Waals surface area contributed by atoms with E-state index in [4.69, 9.17) is 11.1 Å². The molecule has 0 radical (unpaired) electrons. The number of nitrogens with two attached hydrogens (primary N) is 1. The minimum absolute atomic E-state index is 0.142. The van der Waals surface area contributed by atoms with Gasteiger partial charge in [0.05, 0.1) is 0 Å². The van der Waals surface area contributed by atoms with Crippen molar-refractivity contribution in [1.82, 2.24) is 0 Å². The van der Waals surface area contributed by atoms with Gasteiger partial charge in [0.2, 0.25) is 0 Å². The van der Waals surface area contributed by atoms with E-state index >= 15 is 0 Å². The fourth-order valence-corrected chi connectivity index (χ4v) is 1.43. The van der Waals surface area contributed by atoms with Gasteiger partial charge in [-0.15, -0.1) is 0 Å². The fourth-order valence-electron chi connectivity index (χ4n) is 1.43. The van der Waals surface area contributed by atoms with Gasteiger partial charge in [0.25, 0.3) is 0 Å². The highest BCUT2D eigenvalue weighted by molar-refractivity contribution is 5.96. The lowest BCUT2D eigenvalue weighted by molar-refractivity contribution is 0.589. The van der Waals surface area contributed by atoms with Crippen LogP contribution in [-0.2, 0) is 5.41 Å². The van der Waals surface area contributed by atoms with Crippen molar-refractivity contribution >= 4 is 5.84 Å². The second-order valence-electron chi connectivity index (χ2n) is 4.69. The Labute approximate surface area is 85.6 Å². The first-order chi connectivity index (χ1) is 6.32. The van der Waals surface area contributed by atoms with Gasteiger partial charge in [-0.3, -0.25) is 5.41 Å². The topological polar surface area (TPSA) is 49.9 Å². The van der Waals surface area contributed by atoms with Crippen LogP contribution in [0.2, 0.25) is 0 Å². The molecule has 0 saturated heterocycles. The van der Waals surface area contributed by atoms with Crippen LogP contribution < -0.4 is 5.73 Å². The predicted octanol–water partition coefficient (Wildman–Crippen LogP) is 2.58. The molecule has 1 aromatic carbocycles. The molecule has 2 nitrogen and oxygen atoms in total. The van der Waals surface area contributed by atoms with E-state index in [-0.39, 0.29) is 11.3 Å². The second-order valence-corrected chi connectivity index (χ2v) is 4.69. The van der Waals surface area contributed by atoms with Crippen LogP contribution in [-0.4, -0.2) is 5.84 Å². The average molecular weight is 190 g/mol. The van der Waals surface area contributed by atoms with E-state index in [0.29, 0.717) is 0 Å². The Morgan fingerprint density at radius 3 is 2.21 bits per heavy atom. The Kier molecular flexibility index (Phi) is 2.65. The van der Waals surface area contributed by atoms with E-state index in [1.807, 2.05) is 19.1 Å². The Morgan fingerprint density at radius 1 is 1.29 bits per heavy atom. The summed E-state index contributed by atoms with van der Waals surface area (Å²) in [6.07, 6.45) is 0. The van der Waals surface area contributed by atoms with Gasteiger partial charge in [-0.05, 0) is 23.5 Å². The highest BCUT2D eigenvalue weighted by Crippen LogP contribution is 2.24. The molecule has 0 heterocycles. The van der Waals surface area contributed by atoms with Crippen molar-refractivity contribution in [3.8, 4) is 0 Å². The van der Waals surface area contributed by atoms with Gasteiger partial charge >= 0.3 is 0 Å². The van der Waals surface area contributed by atoms with Gasteiger partial charge in [0, 0.05) is 5.56 Å². The molecule has 76 valence electrons. The number of hydrogen-bond donors (Lipinski definition) is 2. The summed E-state index contributed by atoms with van der Waals surface area (Å²) in [5.41, 5.74) is 8.79. The SMILES string of the molecule is Cc1cc(C(C)(C)C)ccc1C(=N)N. The third-order valence-electron chi connectivity index (χ3n) is 2.38. The molecule has 0 fully saturated rings. The highest BCUT2D eigenvalue weighted by Gasteiger charge is 2.14. The molecule has 0 bridgehead atoms. The number of nitrogens with one attached hydrogen (secondary N) is 1. The lowest BCUT2D eigenvalue weighted by Crippen LogP contribution is -2.15. The zero-order valence-electron chi connectivity index (χ0n) is 9.31. The monoisotopic (exact) mass is 190 g/mol. The molecule has 1 aromatic rings. The van der Waals surface area contributed by atoms with Gasteiger partial charge in [-0.25, -0.2) is 0 Å². The number of benzene rings is 1. The first-order valence-corrected chi connectivity index (χ1v) is 4.78. The molecule has 3 N–H and O–H groups in total. The number of rotatable bonds is 1. The summed E-state index contributed by atoms with van der Waals surface area (Å²) in [7, 11) is 0. The Balaban J connectivity index is 3.20. The number of amidine groups is 1. The predicted molar refractivity (Wildman–Crippen MR) is 60.9 cm³/mol. The molecule has 0 atom stereocenters. The van der Waals surface area contributed by atoms with Crippen molar-refractivity contribution in [3.63, 3.8) is 0 Å². The molecule has 0 spiro atoms. The molecule has 0 saturated carbocycles. The summed E-state index contributed by atoms with van der Waals surface area (Å²) in [5, 5.41) is 7.38. The first-order valence-electron chi connectivity index (χ1n) is 4.78. The standard InChI is InChI=1S/C12H18N2/c1-8-7-9(12(2,3)4)5-6-10(8)11(13)14/h5-7H,1-4H3,(H3,13,14). The zero-order valence-corrected chi connectivity index (χ0v) is 9.31. The molecular formula is C12H18N2. The van der Waals surface area contributed by atoms with E-state index in [1.165, 1.54) is 5.56 Å². The van der Waals surface area contributed by atoms with Crippen molar-refractivity contribution < 1.29 is 0 Å². The Bertz CT molecular complexity index is 359. The minimum Gasteiger partial charge on any atom is -0.384 e. The third-order valence-corrected chi connectivity index (χ3v) is 2.38. The molecule has 0 aliphatic carbocycles. The average Bonchev–Trinajstić information content (AvgIpc) is 2.01. The van der Waals surface area contributed by atoms with E-state index in [2.05, 4.69) is 26.8 Å². The summed E-state index contributed by atoms with van der Waals surface area (Å²) < 4.78 is 0. The quantitative estimate of drug-likeness (QED) is 0.519. The van der Waals surface area contributed by atoms with Crippen LogP contribution in [0.15, 0.2) is 18.2 Å². The van der Waals surface area contributed by atoms with Crippen molar-refractivity contribution in [3.05, 3.63) is 34.9 Å². The lowest BCUT2D eigenvalue weighted by Gasteiger charge is -2.20. The molecule has 2 heteroatoms. The largest absolute Gasteiger partial charge is 0.384 e. The van der Waals surface area contributed by atoms with Crippen LogP contribution in [0, 0.1) is 12.3 Å². The van der Waals surface area contributed by atoms with Gasteiger partial charge in [-0.1, -0.05) is 39.0 Å². The highest BCUT2D eigenvalue weighted by atomic mass is 14.7. The number of aryl methyl sites for hydroxylation is 1. The second kappa shape index (κ2) is 3.45. The summed E-state index contributed by atoms with van der Waals surface area (Å²) >= 11 is 0. The number of hydrogen-bond acceptors (Lipinski definition) is 1. The normalized spacial score (nSPS) is 11.4. The smallest absolute Gasteiger partial charge is 0.123 e. The number of nitrogen functional groups attached to an aromatic ring is 1. The van der Waals surface area contributed by atoms with Crippen LogP contribution >= 0.6 is 0 Å². The van der Waals surface area contributed by atoms with E-state index in [9.17, 15) is 0 Å². The Hall–Kier alpha value is -1.31.